The van der Waals surface area contributed by atoms with Crippen molar-refractivity contribution in [2.75, 3.05) is 0 Å². The third-order valence-corrected chi connectivity index (χ3v) is 2.81. The second-order valence-corrected chi connectivity index (χ2v) is 3.65. The minimum Gasteiger partial charge on any atom is -0.504 e. The molecule has 74 valence electrons. The summed E-state index contributed by atoms with van der Waals surface area (Å²) in [6.07, 6.45) is 0. The van der Waals surface area contributed by atoms with E-state index in [2.05, 4.69) is 4.98 Å². The number of rotatable bonds is 1. The van der Waals surface area contributed by atoms with Gasteiger partial charge in [0.15, 0.2) is 11.4 Å². The first-order valence-corrected chi connectivity index (χ1v) is 4.76. The number of nitriles is 1. The van der Waals surface area contributed by atoms with Gasteiger partial charge in [0.25, 0.3) is 0 Å². The maximum absolute atomic E-state index is 10.7. The molecule has 0 spiro atoms. The van der Waals surface area contributed by atoms with Gasteiger partial charge in [-0.1, -0.05) is 0 Å². The Kier molecular flexibility index (Phi) is 2.02. The van der Waals surface area contributed by atoms with Gasteiger partial charge in [0, 0.05) is 5.39 Å². The number of carboxylic acids is 1. The van der Waals surface area contributed by atoms with Crippen LogP contribution in [-0.2, 0) is 0 Å². The lowest BCUT2D eigenvalue weighted by atomic mass is 10.2. The maximum Gasteiger partial charge on any atom is 0.358 e. The predicted molar refractivity (Wildman–Crippen MR) is 53.0 cm³/mol. The van der Waals surface area contributed by atoms with E-state index in [4.69, 9.17) is 10.4 Å². The number of aromatic carboxylic acids is 1. The Balaban J connectivity index is 2.92. The first-order chi connectivity index (χ1) is 7.15. The van der Waals surface area contributed by atoms with Gasteiger partial charge in [0.2, 0.25) is 0 Å². The molecule has 0 unspecified atom stereocenters. The van der Waals surface area contributed by atoms with Crippen molar-refractivity contribution in [3.63, 3.8) is 0 Å². The number of aromatic nitrogens is 1. The molecule has 5 nitrogen and oxygen atoms in total. The number of hydrogen-bond donors (Lipinski definition) is 2. The summed E-state index contributed by atoms with van der Waals surface area (Å²) in [5.74, 6) is -1.73. The highest BCUT2D eigenvalue weighted by Crippen LogP contribution is 2.33. The van der Waals surface area contributed by atoms with E-state index < -0.39 is 11.7 Å². The summed E-state index contributed by atoms with van der Waals surface area (Å²) >= 11 is 1.17. The predicted octanol–water partition coefficient (Wildman–Crippen LogP) is 1.57. The standard InChI is InChI=1S/C9H4N2O3S/c10-3-5-4-1-2-15-8(4)7(12)6(11-5)9(13)14/h1-2,12H,(H,13,14). The average Bonchev–Trinajstić information content (AvgIpc) is 2.67. The summed E-state index contributed by atoms with van der Waals surface area (Å²) in [6, 6.07) is 3.42. The molecule has 0 aliphatic carbocycles. The van der Waals surface area contributed by atoms with E-state index in [0.29, 0.717) is 10.1 Å². The van der Waals surface area contributed by atoms with Crippen molar-refractivity contribution in [2.45, 2.75) is 0 Å². The van der Waals surface area contributed by atoms with E-state index >= 15 is 0 Å². The van der Waals surface area contributed by atoms with Crippen LogP contribution in [0.1, 0.15) is 16.2 Å². The fourth-order valence-electron chi connectivity index (χ4n) is 1.25. The first-order valence-electron chi connectivity index (χ1n) is 3.88. The van der Waals surface area contributed by atoms with Crippen molar-refractivity contribution in [3.05, 3.63) is 22.8 Å². The summed E-state index contributed by atoms with van der Waals surface area (Å²) in [4.78, 5) is 14.3. The molecule has 2 heterocycles. The summed E-state index contributed by atoms with van der Waals surface area (Å²) in [5, 5.41) is 29.3. The summed E-state index contributed by atoms with van der Waals surface area (Å²) in [5.41, 5.74) is -0.469. The van der Waals surface area contributed by atoms with Crippen LogP contribution in [0.3, 0.4) is 0 Å². The summed E-state index contributed by atoms with van der Waals surface area (Å²) < 4.78 is 0.374. The van der Waals surface area contributed by atoms with Gasteiger partial charge in [-0.05, 0) is 11.4 Å². The van der Waals surface area contributed by atoms with Crippen LogP contribution in [0, 0.1) is 11.3 Å². The molecule has 0 saturated carbocycles. The molecule has 6 heteroatoms. The van der Waals surface area contributed by atoms with Crippen LogP contribution in [0.5, 0.6) is 5.75 Å². The number of pyridine rings is 1. The normalized spacial score (nSPS) is 10.1. The van der Waals surface area contributed by atoms with E-state index in [1.807, 2.05) is 0 Å². The van der Waals surface area contributed by atoms with Gasteiger partial charge in [0.1, 0.15) is 11.8 Å². The maximum atomic E-state index is 10.7. The number of nitrogens with zero attached hydrogens (tertiary/aromatic N) is 2. The van der Waals surface area contributed by atoms with E-state index in [0.717, 1.165) is 0 Å². The molecular formula is C9H4N2O3S. The van der Waals surface area contributed by atoms with Crippen LogP contribution < -0.4 is 0 Å². The lowest BCUT2D eigenvalue weighted by Gasteiger charge is -2.00. The van der Waals surface area contributed by atoms with Crippen molar-refractivity contribution in [1.82, 2.24) is 4.98 Å². The zero-order valence-corrected chi connectivity index (χ0v) is 8.08. The van der Waals surface area contributed by atoms with E-state index in [1.54, 1.807) is 17.5 Å². The largest absolute Gasteiger partial charge is 0.504 e. The molecule has 15 heavy (non-hydrogen) atoms. The van der Waals surface area contributed by atoms with Crippen LogP contribution in [0.25, 0.3) is 10.1 Å². The Morgan fingerprint density at radius 1 is 1.60 bits per heavy atom. The van der Waals surface area contributed by atoms with Gasteiger partial charge >= 0.3 is 5.97 Å². The number of carbonyl (C=O) groups is 1. The number of fused-ring (bicyclic) bond motifs is 1. The van der Waals surface area contributed by atoms with Gasteiger partial charge in [-0.15, -0.1) is 11.3 Å². The highest BCUT2D eigenvalue weighted by atomic mass is 32.1. The molecule has 0 fully saturated rings. The molecular weight excluding hydrogens is 216 g/mol. The highest BCUT2D eigenvalue weighted by molar-refractivity contribution is 7.17. The van der Waals surface area contributed by atoms with Gasteiger partial charge in [-0.3, -0.25) is 0 Å². The molecule has 2 rings (SSSR count). The second kappa shape index (κ2) is 3.22. The lowest BCUT2D eigenvalue weighted by Crippen LogP contribution is -2.02. The monoisotopic (exact) mass is 220 g/mol. The molecule has 0 radical (unpaired) electrons. The number of carboxylic acid groups (broad SMARTS) is 1. The molecule has 0 aliphatic heterocycles. The zero-order chi connectivity index (χ0) is 11.0. The molecule has 2 aromatic heterocycles. The Bertz CT molecular complexity index is 597. The zero-order valence-electron chi connectivity index (χ0n) is 7.26. The van der Waals surface area contributed by atoms with Gasteiger partial charge in [-0.2, -0.15) is 5.26 Å². The van der Waals surface area contributed by atoms with Crippen LogP contribution >= 0.6 is 11.3 Å². The van der Waals surface area contributed by atoms with Crippen LogP contribution in [0.4, 0.5) is 0 Å². The van der Waals surface area contributed by atoms with E-state index in [-0.39, 0.29) is 11.4 Å². The molecule has 0 saturated heterocycles. The van der Waals surface area contributed by atoms with Crippen LogP contribution in [-0.4, -0.2) is 21.2 Å². The van der Waals surface area contributed by atoms with Crippen molar-refractivity contribution in [2.24, 2.45) is 0 Å². The van der Waals surface area contributed by atoms with Gasteiger partial charge in [-0.25, -0.2) is 9.78 Å². The Morgan fingerprint density at radius 2 is 2.33 bits per heavy atom. The van der Waals surface area contributed by atoms with Crippen molar-refractivity contribution in [3.8, 4) is 11.8 Å². The molecule has 0 atom stereocenters. The minimum absolute atomic E-state index is 0.0152. The third kappa shape index (κ3) is 1.30. The van der Waals surface area contributed by atoms with E-state index in [9.17, 15) is 9.90 Å². The molecule has 2 N–H and O–H groups in total. The van der Waals surface area contributed by atoms with Crippen LogP contribution in [0.2, 0.25) is 0 Å². The minimum atomic E-state index is -1.35. The molecule has 0 amide bonds. The number of thiophene rings is 1. The topological polar surface area (TPSA) is 94.2 Å². The van der Waals surface area contributed by atoms with Gasteiger partial charge < -0.3 is 10.2 Å². The number of hydrogen-bond acceptors (Lipinski definition) is 5. The van der Waals surface area contributed by atoms with Gasteiger partial charge in [0.05, 0.1) is 4.70 Å². The Labute approximate surface area is 87.8 Å². The molecule has 0 aliphatic rings. The number of aromatic hydroxyl groups is 1. The first kappa shape index (κ1) is 9.43. The molecule has 0 aromatic carbocycles. The lowest BCUT2D eigenvalue weighted by molar-refractivity contribution is 0.0687. The smallest absolute Gasteiger partial charge is 0.358 e. The highest BCUT2D eigenvalue weighted by Gasteiger charge is 2.18. The molecule has 0 bridgehead atoms. The average molecular weight is 220 g/mol. The Morgan fingerprint density at radius 3 is 2.93 bits per heavy atom. The fourth-order valence-corrected chi connectivity index (χ4v) is 2.09. The molecule has 2 aromatic rings. The van der Waals surface area contributed by atoms with Crippen molar-refractivity contribution in [1.29, 1.82) is 5.26 Å². The summed E-state index contributed by atoms with van der Waals surface area (Å²) in [7, 11) is 0. The summed E-state index contributed by atoms with van der Waals surface area (Å²) in [6.45, 7) is 0. The fraction of sp³-hybridized carbons (Fsp3) is 0. The SMILES string of the molecule is N#Cc1nc(C(=O)O)c(O)c2sccc12. The van der Waals surface area contributed by atoms with Crippen LogP contribution in [0.15, 0.2) is 11.4 Å². The third-order valence-electron chi connectivity index (χ3n) is 1.89. The quantitative estimate of drug-likeness (QED) is 0.760. The van der Waals surface area contributed by atoms with Crippen molar-refractivity contribution < 1.29 is 15.0 Å². The van der Waals surface area contributed by atoms with E-state index in [1.165, 1.54) is 11.3 Å². The van der Waals surface area contributed by atoms with Crippen molar-refractivity contribution >= 4 is 27.4 Å². The second-order valence-electron chi connectivity index (χ2n) is 2.74. The Hall–Kier alpha value is -2.13.